The Kier molecular flexibility index (Phi) is 7.25. The number of hydrogen-bond donors (Lipinski definition) is 2. The van der Waals surface area contributed by atoms with Gasteiger partial charge < -0.3 is 19.9 Å². The number of nitrogens with zero attached hydrogens (tertiary/aromatic N) is 3. The van der Waals surface area contributed by atoms with Gasteiger partial charge in [-0.25, -0.2) is 0 Å². The summed E-state index contributed by atoms with van der Waals surface area (Å²) >= 11 is 2.79. The Balaban J connectivity index is 1.55. The van der Waals surface area contributed by atoms with Crippen LogP contribution in [0.25, 0.3) is 0 Å². The van der Waals surface area contributed by atoms with Crippen molar-refractivity contribution in [2.45, 2.75) is 25.2 Å². The van der Waals surface area contributed by atoms with E-state index in [0.717, 1.165) is 5.00 Å². The summed E-state index contributed by atoms with van der Waals surface area (Å²) in [6, 6.07) is 10.6. The lowest BCUT2D eigenvalue weighted by Crippen LogP contribution is -2.24. The van der Waals surface area contributed by atoms with Gasteiger partial charge in [0.05, 0.1) is 24.4 Å². The molecule has 2 heterocycles. The summed E-state index contributed by atoms with van der Waals surface area (Å²) < 4.78 is 6.98. The van der Waals surface area contributed by atoms with Crippen LogP contribution in [0.2, 0.25) is 0 Å². The molecule has 10 heteroatoms. The fourth-order valence-corrected chi connectivity index (χ4v) is 3.99. The Morgan fingerprint density at radius 2 is 2.00 bits per heavy atom. The summed E-state index contributed by atoms with van der Waals surface area (Å²) in [7, 11) is 1.58. The maximum absolute atomic E-state index is 12.3. The summed E-state index contributed by atoms with van der Waals surface area (Å²) in [5.41, 5.74) is 0.535. The summed E-state index contributed by atoms with van der Waals surface area (Å²) in [6.07, 6.45) is 0. The molecular formula is C19H21N5O3S2. The third-order valence-electron chi connectivity index (χ3n) is 3.99. The van der Waals surface area contributed by atoms with E-state index in [1.807, 2.05) is 29.0 Å². The number of thiophene rings is 1. The molecule has 2 N–H and O–H groups in total. The standard InChI is InChI=1S/C19H21N5O3S2/c1-3-24-15(11-20-18(26)13-6-8-14(27-2)9-7-13)22-23-19(24)29-12-16(25)21-17-5-4-10-28-17/h4-10H,3,11-12H2,1-2H3,(H,20,26)(H,21,25). The third kappa shape index (κ3) is 5.58. The largest absolute Gasteiger partial charge is 0.497 e. The summed E-state index contributed by atoms with van der Waals surface area (Å²) in [6.45, 7) is 2.84. The predicted molar refractivity (Wildman–Crippen MR) is 114 cm³/mol. The molecule has 0 aliphatic carbocycles. The molecular weight excluding hydrogens is 410 g/mol. The number of benzene rings is 1. The maximum atomic E-state index is 12.3. The van der Waals surface area contributed by atoms with Crippen LogP contribution in [-0.2, 0) is 17.9 Å². The summed E-state index contributed by atoms with van der Waals surface area (Å²) in [5.74, 6) is 1.25. The molecule has 0 radical (unpaired) electrons. The van der Waals surface area contributed by atoms with Gasteiger partial charge in [-0.15, -0.1) is 21.5 Å². The predicted octanol–water partition coefficient (Wildman–Crippen LogP) is 3.03. The van der Waals surface area contributed by atoms with Crippen LogP contribution in [0.1, 0.15) is 23.1 Å². The Morgan fingerprint density at radius 3 is 2.66 bits per heavy atom. The van der Waals surface area contributed by atoms with E-state index >= 15 is 0 Å². The molecule has 0 saturated carbocycles. The number of amides is 2. The van der Waals surface area contributed by atoms with Crippen LogP contribution in [-0.4, -0.2) is 39.4 Å². The molecule has 0 spiro atoms. The maximum Gasteiger partial charge on any atom is 0.251 e. The Labute approximate surface area is 176 Å². The van der Waals surface area contributed by atoms with Crippen molar-refractivity contribution in [3.63, 3.8) is 0 Å². The average molecular weight is 432 g/mol. The minimum absolute atomic E-state index is 0.0996. The lowest BCUT2D eigenvalue weighted by Gasteiger charge is -2.09. The van der Waals surface area contributed by atoms with Crippen LogP contribution in [0, 0.1) is 0 Å². The number of anilines is 1. The molecule has 3 aromatic rings. The van der Waals surface area contributed by atoms with Gasteiger partial charge in [-0.2, -0.15) is 0 Å². The fraction of sp³-hybridized carbons (Fsp3) is 0.263. The van der Waals surface area contributed by atoms with Crippen LogP contribution in [0.4, 0.5) is 5.00 Å². The third-order valence-corrected chi connectivity index (χ3v) is 5.74. The van der Waals surface area contributed by atoms with E-state index in [0.29, 0.717) is 28.8 Å². The van der Waals surface area contributed by atoms with Gasteiger partial charge in [0, 0.05) is 12.1 Å². The van der Waals surface area contributed by atoms with Gasteiger partial charge in [-0.3, -0.25) is 9.59 Å². The number of methoxy groups -OCH3 is 1. The molecule has 0 bridgehead atoms. The smallest absolute Gasteiger partial charge is 0.251 e. The topological polar surface area (TPSA) is 98.1 Å². The van der Waals surface area contributed by atoms with Gasteiger partial charge in [-0.1, -0.05) is 11.8 Å². The lowest BCUT2D eigenvalue weighted by molar-refractivity contribution is -0.113. The zero-order chi connectivity index (χ0) is 20.6. The Hall–Kier alpha value is -2.85. The van der Waals surface area contributed by atoms with Crippen LogP contribution in [0.3, 0.4) is 0 Å². The second-order valence-corrected chi connectivity index (χ2v) is 7.76. The monoisotopic (exact) mass is 431 g/mol. The van der Waals surface area contributed by atoms with Crippen molar-refractivity contribution in [3.8, 4) is 5.75 Å². The molecule has 1 aromatic carbocycles. The number of hydrogen-bond acceptors (Lipinski definition) is 7. The molecule has 0 saturated heterocycles. The molecule has 152 valence electrons. The minimum atomic E-state index is -0.206. The molecule has 2 amide bonds. The van der Waals surface area contributed by atoms with E-state index in [4.69, 9.17) is 4.74 Å². The molecule has 0 unspecified atom stereocenters. The first-order valence-electron chi connectivity index (χ1n) is 8.91. The number of nitrogens with one attached hydrogen (secondary N) is 2. The highest BCUT2D eigenvalue weighted by molar-refractivity contribution is 7.99. The van der Waals surface area contributed by atoms with Crippen LogP contribution >= 0.6 is 23.1 Å². The summed E-state index contributed by atoms with van der Waals surface area (Å²) in [5, 5.41) is 17.4. The number of aromatic nitrogens is 3. The van der Waals surface area contributed by atoms with Crippen molar-refractivity contribution in [2.24, 2.45) is 0 Å². The number of carbonyl (C=O) groups excluding carboxylic acids is 2. The second kappa shape index (κ2) is 10.1. The Bertz CT molecular complexity index is 955. The second-order valence-electron chi connectivity index (χ2n) is 5.87. The van der Waals surface area contributed by atoms with E-state index in [-0.39, 0.29) is 24.1 Å². The molecule has 0 atom stereocenters. The quantitative estimate of drug-likeness (QED) is 0.506. The van der Waals surface area contributed by atoms with Crippen LogP contribution < -0.4 is 15.4 Å². The van der Waals surface area contributed by atoms with Gasteiger partial charge in [0.1, 0.15) is 5.75 Å². The highest BCUT2D eigenvalue weighted by Crippen LogP contribution is 2.19. The van der Waals surface area contributed by atoms with E-state index in [9.17, 15) is 9.59 Å². The van der Waals surface area contributed by atoms with Crippen molar-refractivity contribution < 1.29 is 14.3 Å². The van der Waals surface area contributed by atoms with E-state index in [1.54, 1.807) is 31.4 Å². The van der Waals surface area contributed by atoms with E-state index < -0.39 is 0 Å². The normalized spacial score (nSPS) is 10.6. The first-order chi connectivity index (χ1) is 14.1. The van der Waals surface area contributed by atoms with E-state index in [1.165, 1.54) is 23.1 Å². The zero-order valence-corrected chi connectivity index (χ0v) is 17.7. The molecule has 0 fully saturated rings. The van der Waals surface area contributed by atoms with E-state index in [2.05, 4.69) is 20.8 Å². The average Bonchev–Trinajstić information content (AvgIpc) is 3.39. The number of thioether (sulfide) groups is 1. The number of rotatable bonds is 9. The van der Waals surface area contributed by atoms with Gasteiger partial charge in [0.25, 0.3) is 5.91 Å². The van der Waals surface area contributed by atoms with Gasteiger partial charge in [0.15, 0.2) is 11.0 Å². The van der Waals surface area contributed by atoms with Crippen LogP contribution in [0.5, 0.6) is 5.75 Å². The Morgan fingerprint density at radius 1 is 1.21 bits per heavy atom. The minimum Gasteiger partial charge on any atom is -0.497 e. The molecule has 0 aliphatic rings. The van der Waals surface area contributed by atoms with Crippen molar-refractivity contribution in [1.29, 1.82) is 0 Å². The first-order valence-corrected chi connectivity index (χ1v) is 10.8. The molecule has 3 rings (SSSR count). The highest BCUT2D eigenvalue weighted by Gasteiger charge is 2.15. The number of carbonyl (C=O) groups is 2. The number of ether oxygens (including phenoxy) is 1. The lowest BCUT2D eigenvalue weighted by atomic mass is 10.2. The van der Waals surface area contributed by atoms with Gasteiger partial charge in [0.2, 0.25) is 5.91 Å². The van der Waals surface area contributed by atoms with Crippen molar-refractivity contribution in [1.82, 2.24) is 20.1 Å². The SMILES string of the molecule is CCn1c(CNC(=O)c2ccc(OC)cc2)nnc1SCC(=O)Nc1cccs1. The fourth-order valence-electron chi connectivity index (χ4n) is 2.53. The highest BCUT2D eigenvalue weighted by atomic mass is 32.2. The van der Waals surface area contributed by atoms with Gasteiger partial charge >= 0.3 is 0 Å². The van der Waals surface area contributed by atoms with Crippen LogP contribution in [0.15, 0.2) is 46.9 Å². The first kappa shape index (κ1) is 20.9. The van der Waals surface area contributed by atoms with Crippen molar-refractivity contribution in [3.05, 3.63) is 53.2 Å². The van der Waals surface area contributed by atoms with Crippen molar-refractivity contribution in [2.75, 3.05) is 18.2 Å². The molecule has 2 aromatic heterocycles. The molecule has 29 heavy (non-hydrogen) atoms. The summed E-state index contributed by atoms with van der Waals surface area (Å²) in [4.78, 5) is 24.4. The van der Waals surface area contributed by atoms with Gasteiger partial charge in [-0.05, 0) is 48.7 Å². The molecule has 0 aliphatic heterocycles. The zero-order valence-electron chi connectivity index (χ0n) is 16.0. The molecule has 8 nitrogen and oxygen atoms in total. The van der Waals surface area contributed by atoms with Crippen molar-refractivity contribution >= 4 is 39.9 Å².